The van der Waals surface area contributed by atoms with Crippen LogP contribution in [-0.2, 0) is 6.54 Å². The van der Waals surface area contributed by atoms with Crippen LogP contribution in [-0.4, -0.2) is 21.1 Å². The fourth-order valence-corrected chi connectivity index (χ4v) is 1.91. The third-order valence-electron chi connectivity index (χ3n) is 3.11. The Morgan fingerprint density at radius 2 is 2.11 bits per heavy atom. The molecule has 0 saturated heterocycles. The summed E-state index contributed by atoms with van der Waals surface area (Å²) in [7, 11) is 0. The third kappa shape index (κ3) is 3.89. The van der Waals surface area contributed by atoms with Crippen molar-refractivity contribution in [3.8, 4) is 5.82 Å². The zero-order valence-electron chi connectivity index (χ0n) is 11.9. The lowest BCUT2D eigenvalue weighted by Crippen LogP contribution is -2.16. The molecular weight excluding hydrogens is 236 g/mol. The molecule has 0 amide bonds. The topological polar surface area (TPSA) is 42.7 Å². The van der Waals surface area contributed by atoms with Gasteiger partial charge in [0.2, 0.25) is 0 Å². The zero-order valence-corrected chi connectivity index (χ0v) is 11.9. The summed E-state index contributed by atoms with van der Waals surface area (Å²) < 4.78 is 1.98. The number of rotatable bonds is 6. The maximum Gasteiger partial charge on any atom is 0.137 e. The molecule has 19 heavy (non-hydrogen) atoms. The van der Waals surface area contributed by atoms with E-state index in [0.29, 0.717) is 0 Å². The summed E-state index contributed by atoms with van der Waals surface area (Å²) in [5.41, 5.74) is 1.21. The van der Waals surface area contributed by atoms with Crippen LogP contribution in [0.5, 0.6) is 0 Å². The standard InChI is InChI=1S/C15H22N4/c1-12(2)6-7-16-10-14-4-5-15(18-11-14)19-9-8-17-13(19)3/h4-5,8-9,11-12,16H,6-7,10H2,1-3H3. The molecule has 1 N–H and O–H groups in total. The molecule has 0 aliphatic carbocycles. The molecule has 102 valence electrons. The lowest BCUT2D eigenvalue weighted by atomic mass is 10.1. The van der Waals surface area contributed by atoms with Gasteiger partial charge in [-0.25, -0.2) is 9.97 Å². The van der Waals surface area contributed by atoms with E-state index in [4.69, 9.17) is 0 Å². The van der Waals surface area contributed by atoms with Crippen molar-refractivity contribution >= 4 is 0 Å². The van der Waals surface area contributed by atoms with Gasteiger partial charge < -0.3 is 5.32 Å². The second-order valence-electron chi connectivity index (χ2n) is 5.23. The molecular formula is C15H22N4. The maximum atomic E-state index is 4.48. The molecule has 2 aromatic heterocycles. The van der Waals surface area contributed by atoms with Crippen molar-refractivity contribution in [2.75, 3.05) is 6.54 Å². The first-order valence-corrected chi connectivity index (χ1v) is 6.83. The summed E-state index contributed by atoms with van der Waals surface area (Å²) in [6, 6.07) is 4.15. The first kappa shape index (κ1) is 13.7. The van der Waals surface area contributed by atoms with Gasteiger partial charge in [0.05, 0.1) is 0 Å². The van der Waals surface area contributed by atoms with E-state index in [2.05, 4.69) is 35.2 Å². The Labute approximate surface area is 114 Å². The number of hydrogen-bond acceptors (Lipinski definition) is 3. The third-order valence-corrected chi connectivity index (χ3v) is 3.11. The molecule has 0 radical (unpaired) electrons. The highest BCUT2D eigenvalue weighted by Gasteiger charge is 2.01. The van der Waals surface area contributed by atoms with Gasteiger partial charge in [-0.05, 0) is 37.4 Å². The van der Waals surface area contributed by atoms with Crippen LogP contribution in [0.2, 0.25) is 0 Å². The Morgan fingerprint density at radius 1 is 1.26 bits per heavy atom. The number of aryl methyl sites for hydroxylation is 1. The van der Waals surface area contributed by atoms with Crippen molar-refractivity contribution in [2.24, 2.45) is 5.92 Å². The molecule has 0 unspecified atom stereocenters. The van der Waals surface area contributed by atoms with Crippen molar-refractivity contribution in [1.29, 1.82) is 0 Å². The molecule has 0 aliphatic heterocycles. The zero-order chi connectivity index (χ0) is 13.7. The number of nitrogens with one attached hydrogen (secondary N) is 1. The van der Waals surface area contributed by atoms with Crippen molar-refractivity contribution in [3.63, 3.8) is 0 Å². The number of imidazole rings is 1. The quantitative estimate of drug-likeness (QED) is 0.810. The monoisotopic (exact) mass is 258 g/mol. The lowest BCUT2D eigenvalue weighted by molar-refractivity contribution is 0.537. The average molecular weight is 258 g/mol. The highest BCUT2D eigenvalue weighted by atomic mass is 15.1. The van der Waals surface area contributed by atoms with Gasteiger partial charge in [-0.3, -0.25) is 4.57 Å². The molecule has 0 aromatic carbocycles. The predicted molar refractivity (Wildman–Crippen MR) is 77.3 cm³/mol. The number of pyridine rings is 1. The SMILES string of the molecule is Cc1nccn1-c1ccc(CNCCC(C)C)cn1. The minimum Gasteiger partial charge on any atom is -0.313 e. The second-order valence-corrected chi connectivity index (χ2v) is 5.23. The Bertz CT molecular complexity index is 499. The van der Waals surface area contributed by atoms with Crippen molar-refractivity contribution in [1.82, 2.24) is 19.9 Å². The molecule has 0 atom stereocenters. The number of hydrogen-bond donors (Lipinski definition) is 1. The van der Waals surface area contributed by atoms with E-state index in [9.17, 15) is 0 Å². The number of nitrogens with zero attached hydrogens (tertiary/aromatic N) is 3. The lowest BCUT2D eigenvalue weighted by Gasteiger charge is -2.08. The summed E-state index contributed by atoms with van der Waals surface area (Å²) in [5.74, 6) is 2.62. The van der Waals surface area contributed by atoms with E-state index in [1.165, 1.54) is 12.0 Å². The molecule has 4 nitrogen and oxygen atoms in total. The van der Waals surface area contributed by atoms with Crippen LogP contribution in [0.1, 0.15) is 31.7 Å². The van der Waals surface area contributed by atoms with Gasteiger partial charge in [-0.15, -0.1) is 0 Å². The van der Waals surface area contributed by atoms with Crippen LogP contribution in [0, 0.1) is 12.8 Å². The van der Waals surface area contributed by atoms with Crippen LogP contribution in [0.4, 0.5) is 0 Å². The summed E-state index contributed by atoms with van der Waals surface area (Å²) in [6.07, 6.45) is 6.85. The van der Waals surface area contributed by atoms with Gasteiger partial charge >= 0.3 is 0 Å². The first-order chi connectivity index (χ1) is 9.16. The van der Waals surface area contributed by atoms with Crippen LogP contribution >= 0.6 is 0 Å². The second kappa shape index (κ2) is 6.48. The minimum atomic E-state index is 0.747. The Morgan fingerprint density at radius 3 is 2.68 bits per heavy atom. The van der Waals surface area contributed by atoms with Gasteiger partial charge in [0.25, 0.3) is 0 Å². The summed E-state index contributed by atoms with van der Waals surface area (Å²) >= 11 is 0. The fourth-order valence-electron chi connectivity index (χ4n) is 1.91. The van der Waals surface area contributed by atoms with Crippen LogP contribution in [0.15, 0.2) is 30.7 Å². The van der Waals surface area contributed by atoms with E-state index in [-0.39, 0.29) is 0 Å². The molecule has 4 heteroatoms. The van der Waals surface area contributed by atoms with E-state index in [0.717, 1.165) is 30.6 Å². The molecule has 0 saturated carbocycles. The Kier molecular flexibility index (Phi) is 4.68. The smallest absolute Gasteiger partial charge is 0.137 e. The van der Waals surface area contributed by atoms with Gasteiger partial charge in [-0.1, -0.05) is 19.9 Å². The van der Waals surface area contributed by atoms with Gasteiger partial charge in [0.1, 0.15) is 11.6 Å². The molecule has 2 heterocycles. The minimum absolute atomic E-state index is 0.747. The van der Waals surface area contributed by atoms with Gasteiger partial charge in [0.15, 0.2) is 0 Å². The molecule has 0 bridgehead atoms. The van der Waals surface area contributed by atoms with Crippen LogP contribution in [0.3, 0.4) is 0 Å². The van der Waals surface area contributed by atoms with Crippen LogP contribution < -0.4 is 5.32 Å². The average Bonchev–Trinajstić information content (AvgIpc) is 2.81. The molecule has 0 aliphatic rings. The molecule has 2 rings (SSSR count). The largest absolute Gasteiger partial charge is 0.313 e. The normalized spacial score (nSPS) is 11.2. The van der Waals surface area contributed by atoms with E-state index in [1.54, 1.807) is 6.20 Å². The maximum absolute atomic E-state index is 4.48. The summed E-state index contributed by atoms with van der Waals surface area (Å²) in [5, 5.41) is 3.44. The van der Waals surface area contributed by atoms with E-state index < -0.39 is 0 Å². The van der Waals surface area contributed by atoms with Crippen molar-refractivity contribution < 1.29 is 0 Å². The van der Waals surface area contributed by atoms with Gasteiger partial charge in [-0.2, -0.15) is 0 Å². The predicted octanol–water partition coefficient (Wildman–Crippen LogP) is 2.71. The summed E-state index contributed by atoms with van der Waals surface area (Å²) in [4.78, 5) is 8.68. The van der Waals surface area contributed by atoms with E-state index in [1.807, 2.05) is 30.0 Å². The van der Waals surface area contributed by atoms with Crippen molar-refractivity contribution in [2.45, 2.75) is 33.7 Å². The Hall–Kier alpha value is -1.68. The fraction of sp³-hybridized carbons (Fsp3) is 0.467. The van der Waals surface area contributed by atoms with E-state index >= 15 is 0 Å². The Balaban J connectivity index is 1.90. The molecule has 2 aromatic rings. The highest BCUT2D eigenvalue weighted by Crippen LogP contribution is 2.08. The van der Waals surface area contributed by atoms with Gasteiger partial charge in [0, 0.05) is 25.1 Å². The van der Waals surface area contributed by atoms with Crippen molar-refractivity contribution in [3.05, 3.63) is 42.1 Å². The van der Waals surface area contributed by atoms with Crippen LogP contribution in [0.25, 0.3) is 5.82 Å². The molecule has 0 spiro atoms. The number of aromatic nitrogens is 3. The highest BCUT2D eigenvalue weighted by molar-refractivity contribution is 5.26. The molecule has 0 fully saturated rings. The first-order valence-electron chi connectivity index (χ1n) is 6.83. The summed E-state index contributed by atoms with van der Waals surface area (Å²) in [6.45, 7) is 8.39.